The van der Waals surface area contributed by atoms with Crippen molar-refractivity contribution >= 4 is 0 Å². The highest BCUT2D eigenvalue weighted by molar-refractivity contribution is 5.33. The lowest BCUT2D eigenvalue weighted by atomic mass is 10.1. The Morgan fingerprint density at radius 3 is 2.36 bits per heavy atom. The Morgan fingerprint density at radius 1 is 1.16 bits per heavy atom. The first-order chi connectivity index (χ1) is 12.0. The molecule has 0 aliphatic carbocycles. The third kappa shape index (κ3) is 4.91. The van der Waals surface area contributed by atoms with Crippen LogP contribution in [-0.2, 0) is 0 Å². The van der Waals surface area contributed by atoms with Crippen LogP contribution in [-0.4, -0.2) is 50.4 Å². The molecular formula is C20H31N3O2. The zero-order chi connectivity index (χ0) is 18.4. The van der Waals surface area contributed by atoms with Crippen LogP contribution in [0.5, 0.6) is 0 Å². The monoisotopic (exact) mass is 345 g/mol. The average molecular weight is 345 g/mol. The number of unbranched alkanes of at least 4 members (excludes halogenated alkanes) is 1. The molecule has 0 aromatic carbocycles. The van der Waals surface area contributed by atoms with Crippen molar-refractivity contribution in [2.75, 3.05) is 19.7 Å². The Kier molecular flexibility index (Phi) is 7.17. The first kappa shape index (κ1) is 19.6. The van der Waals surface area contributed by atoms with Crippen LogP contribution in [0.3, 0.4) is 0 Å². The summed E-state index contributed by atoms with van der Waals surface area (Å²) in [5.41, 5.74) is 3.08. The van der Waals surface area contributed by atoms with Crippen LogP contribution in [0.4, 0.5) is 0 Å². The molecule has 0 aliphatic rings. The Balaban J connectivity index is 2.10. The summed E-state index contributed by atoms with van der Waals surface area (Å²) in [6.07, 6.45) is 3.29. The third-order valence-corrected chi connectivity index (χ3v) is 4.75. The molecule has 0 fully saturated rings. The van der Waals surface area contributed by atoms with Gasteiger partial charge in [-0.3, -0.25) is 4.90 Å². The van der Waals surface area contributed by atoms with Gasteiger partial charge in [0.1, 0.15) is 5.82 Å². The fourth-order valence-electron chi connectivity index (χ4n) is 3.05. The molecule has 25 heavy (non-hydrogen) atoms. The second-order valence-corrected chi connectivity index (χ2v) is 6.80. The van der Waals surface area contributed by atoms with E-state index < -0.39 is 6.10 Å². The number of aryl methyl sites for hydroxylation is 2. The van der Waals surface area contributed by atoms with Gasteiger partial charge in [0, 0.05) is 35.7 Å². The summed E-state index contributed by atoms with van der Waals surface area (Å²) in [6.45, 7) is 9.72. The van der Waals surface area contributed by atoms with Crippen molar-refractivity contribution in [2.45, 2.75) is 52.7 Å². The highest BCUT2D eigenvalue weighted by atomic mass is 16.3. The first-order valence-electron chi connectivity index (χ1n) is 9.12. The largest absolute Gasteiger partial charge is 0.395 e. The second-order valence-electron chi connectivity index (χ2n) is 6.80. The van der Waals surface area contributed by atoms with Gasteiger partial charge in [0.05, 0.1) is 12.7 Å². The van der Waals surface area contributed by atoms with Crippen LogP contribution in [0.2, 0.25) is 0 Å². The molecule has 5 nitrogen and oxygen atoms in total. The standard InChI is InChI=1S/C20H31N3O2/c1-5-6-11-22(17(4)14-24)13-19(25)18-9-10-20(21-12-18)23-15(2)7-8-16(23)3/h7-10,12,17,19,24-25H,5-6,11,13-14H2,1-4H3/t17-,19+/m0/s1. The van der Waals surface area contributed by atoms with E-state index in [4.69, 9.17) is 0 Å². The molecule has 0 radical (unpaired) electrons. The Bertz CT molecular complexity index is 632. The molecule has 0 amide bonds. The van der Waals surface area contributed by atoms with Crippen molar-refractivity contribution in [3.8, 4) is 5.82 Å². The van der Waals surface area contributed by atoms with Crippen LogP contribution in [0.1, 0.15) is 49.7 Å². The Morgan fingerprint density at radius 2 is 1.84 bits per heavy atom. The maximum Gasteiger partial charge on any atom is 0.136 e. The summed E-state index contributed by atoms with van der Waals surface area (Å²) in [5, 5.41) is 20.0. The molecule has 0 unspecified atom stereocenters. The SMILES string of the molecule is CCCCN(C[C@@H](O)c1ccc(-n2c(C)ccc2C)nc1)[C@@H](C)CO. The van der Waals surface area contributed by atoms with Gasteiger partial charge in [-0.1, -0.05) is 19.4 Å². The van der Waals surface area contributed by atoms with E-state index in [1.54, 1.807) is 6.20 Å². The van der Waals surface area contributed by atoms with Gasteiger partial charge < -0.3 is 14.8 Å². The van der Waals surface area contributed by atoms with Gasteiger partial charge in [0.15, 0.2) is 0 Å². The van der Waals surface area contributed by atoms with E-state index in [-0.39, 0.29) is 12.6 Å². The van der Waals surface area contributed by atoms with Crippen LogP contribution in [0.15, 0.2) is 30.5 Å². The lowest BCUT2D eigenvalue weighted by Crippen LogP contribution is -2.39. The van der Waals surface area contributed by atoms with Gasteiger partial charge in [-0.15, -0.1) is 0 Å². The normalized spacial score (nSPS) is 14.0. The molecule has 2 aromatic rings. The summed E-state index contributed by atoms with van der Waals surface area (Å²) >= 11 is 0. The topological polar surface area (TPSA) is 61.5 Å². The molecule has 0 spiro atoms. The third-order valence-electron chi connectivity index (χ3n) is 4.75. The van der Waals surface area contributed by atoms with Crippen molar-refractivity contribution in [2.24, 2.45) is 0 Å². The van der Waals surface area contributed by atoms with Crippen LogP contribution >= 0.6 is 0 Å². The van der Waals surface area contributed by atoms with Gasteiger partial charge in [0.2, 0.25) is 0 Å². The fourth-order valence-corrected chi connectivity index (χ4v) is 3.05. The number of hydrogen-bond donors (Lipinski definition) is 2. The van der Waals surface area contributed by atoms with Crippen molar-refractivity contribution < 1.29 is 10.2 Å². The van der Waals surface area contributed by atoms with Crippen LogP contribution in [0.25, 0.3) is 5.82 Å². The molecule has 2 aromatic heterocycles. The molecule has 5 heteroatoms. The minimum atomic E-state index is -0.612. The van der Waals surface area contributed by atoms with Gasteiger partial charge in [-0.2, -0.15) is 0 Å². The van der Waals surface area contributed by atoms with E-state index in [2.05, 4.69) is 47.4 Å². The van der Waals surface area contributed by atoms with E-state index in [1.165, 1.54) is 0 Å². The number of aliphatic hydroxyl groups is 2. The highest BCUT2D eigenvalue weighted by Gasteiger charge is 2.18. The van der Waals surface area contributed by atoms with Crippen molar-refractivity contribution in [3.05, 3.63) is 47.4 Å². The van der Waals surface area contributed by atoms with E-state index in [9.17, 15) is 10.2 Å². The molecule has 2 atom stereocenters. The number of aromatic nitrogens is 2. The number of hydrogen-bond acceptors (Lipinski definition) is 4. The zero-order valence-electron chi connectivity index (χ0n) is 15.8. The van der Waals surface area contributed by atoms with Gasteiger partial charge in [0.25, 0.3) is 0 Å². The van der Waals surface area contributed by atoms with E-state index in [0.717, 1.165) is 42.2 Å². The predicted octanol–water partition coefficient (Wildman–Crippen LogP) is 3.01. The predicted molar refractivity (Wildman–Crippen MR) is 101 cm³/mol. The molecular weight excluding hydrogens is 314 g/mol. The van der Waals surface area contributed by atoms with Crippen LogP contribution < -0.4 is 0 Å². The van der Waals surface area contributed by atoms with Crippen LogP contribution in [0, 0.1) is 13.8 Å². The minimum absolute atomic E-state index is 0.0404. The first-order valence-corrected chi connectivity index (χ1v) is 9.12. The summed E-state index contributed by atoms with van der Waals surface area (Å²) in [7, 11) is 0. The minimum Gasteiger partial charge on any atom is -0.395 e. The smallest absolute Gasteiger partial charge is 0.136 e. The summed E-state index contributed by atoms with van der Waals surface area (Å²) < 4.78 is 2.09. The summed E-state index contributed by atoms with van der Waals surface area (Å²) in [6, 6.07) is 8.07. The molecule has 0 aliphatic heterocycles. The average Bonchev–Trinajstić information content (AvgIpc) is 2.96. The zero-order valence-corrected chi connectivity index (χ0v) is 15.8. The number of rotatable bonds is 9. The van der Waals surface area contributed by atoms with Gasteiger partial charge >= 0.3 is 0 Å². The molecule has 2 heterocycles. The van der Waals surface area contributed by atoms with Crippen molar-refractivity contribution in [1.29, 1.82) is 0 Å². The summed E-state index contributed by atoms with van der Waals surface area (Å²) in [5.74, 6) is 0.863. The lowest BCUT2D eigenvalue weighted by Gasteiger charge is -2.29. The van der Waals surface area contributed by atoms with E-state index in [0.29, 0.717) is 6.54 Å². The highest BCUT2D eigenvalue weighted by Crippen LogP contribution is 2.19. The van der Waals surface area contributed by atoms with Gasteiger partial charge in [-0.25, -0.2) is 4.98 Å². The quantitative estimate of drug-likeness (QED) is 0.733. The Labute approximate surface area is 150 Å². The Hall–Kier alpha value is -1.69. The molecule has 0 saturated carbocycles. The lowest BCUT2D eigenvalue weighted by molar-refractivity contribution is 0.0674. The van der Waals surface area contributed by atoms with E-state index in [1.807, 2.05) is 19.1 Å². The molecule has 0 saturated heterocycles. The number of nitrogens with zero attached hydrogens (tertiary/aromatic N) is 3. The maximum atomic E-state index is 10.6. The molecule has 2 N–H and O–H groups in total. The molecule has 0 bridgehead atoms. The molecule has 2 rings (SSSR count). The maximum absolute atomic E-state index is 10.6. The number of pyridine rings is 1. The van der Waals surface area contributed by atoms with Crippen molar-refractivity contribution in [3.63, 3.8) is 0 Å². The van der Waals surface area contributed by atoms with Crippen molar-refractivity contribution in [1.82, 2.24) is 14.5 Å². The second kappa shape index (κ2) is 9.13. The summed E-state index contributed by atoms with van der Waals surface area (Å²) in [4.78, 5) is 6.67. The molecule has 138 valence electrons. The fraction of sp³-hybridized carbons (Fsp3) is 0.550. The van der Waals surface area contributed by atoms with E-state index >= 15 is 0 Å². The number of aliphatic hydroxyl groups excluding tert-OH is 2. The van der Waals surface area contributed by atoms with Gasteiger partial charge in [-0.05, 0) is 51.9 Å².